The van der Waals surface area contributed by atoms with Gasteiger partial charge in [-0.25, -0.2) is 8.42 Å². The molecule has 20 heavy (non-hydrogen) atoms. The summed E-state index contributed by atoms with van der Waals surface area (Å²) in [7, 11) is -3.41. The number of nitrogens with zero attached hydrogens (tertiary/aromatic N) is 1. The Balaban J connectivity index is 2.39. The van der Waals surface area contributed by atoms with Gasteiger partial charge in [0.25, 0.3) is 0 Å². The van der Waals surface area contributed by atoms with E-state index in [9.17, 15) is 8.42 Å². The highest BCUT2D eigenvalue weighted by Crippen LogP contribution is 2.21. The van der Waals surface area contributed by atoms with Crippen LogP contribution in [0.15, 0.2) is 35.7 Å². The van der Waals surface area contributed by atoms with Crippen LogP contribution >= 0.6 is 0 Å². The van der Waals surface area contributed by atoms with Gasteiger partial charge in [-0.15, -0.1) is 6.42 Å². The third-order valence-electron chi connectivity index (χ3n) is 3.00. The maximum Gasteiger partial charge on any atom is 0.184 e. The molecule has 0 aliphatic carbocycles. The van der Waals surface area contributed by atoms with Gasteiger partial charge in [0, 0.05) is 13.1 Å². The zero-order valence-electron chi connectivity index (χ0n) is 11.2. The van der Waals surface area contributed by atoms with Gasteiger partial charge in [0.05, 0.1) is 24.3 Å². The molecule has 1 saturated heterocycles. The molecule has 1 aromatic rings. The lowest BCUT2D eigenvalue weighted by Gasteiger charge is -2.31. The molecule has 2 rings (SSSR count). The van der Waals surface area contributed by atoms with Gasteiger partial charge in [-0.3, -0.25) is 0 Å². The third-order valence-corrected chi connectivity index (χ3v) is 4.15. The molecule has 0 saturated carbocycles. The van der Waals surface area contributed by atoms with E-state index in [-0.39, 0.29) is 5.75 Å². The first-order chi connectivity index (χ1) is 9.62. The van der Waals surface area contributed by atoms with Crippen LogP contribution in [0, 0.1) is 12.3 Å². The molecule has 1 aromatic carbocycles. The minimum Gasteiger partial charge on any atom is -0.378 e. The first-order valence-electron chi connectivity index (χ1n) is 6.38. The summed E-state index contributed by atoms with van der Waals surface area (Å²) in [4.78, 5) is 2.02. The van der Waals surface area contributed by atoms with Crippen molar-refractivity contribution in [3.63, 3.8) is 0 Å². The summed E-state index contributed by atoms with van der Waals surface area (Å²) < 4.78 is 29.3. The van der Waals surface area contributed by atoms with E-state index in [2.05, 4.69) is 5.92 Å². The number of sulfone groups is 1. The van der Waals surface area contributed by atoms with E-state index in [1.807, 2.05) is 35.2 Å². The second-order valence-electron chi connectivity index (χ2n) is 4.48. The fourth-order valence-corrected chi connectivity index (χ4v) is 3.01. The normalized spacial score (nSPS) is 16.8. The van der Waals surface area contributed by atoms with Gasteiger partial charge in [-0.2, -0.15) is 0 Å². The summed E-state index contributed by atoms with van der Waals surface area (Å²) in [5.41, 5.74) is 1.55. The number of terminal acetylenes is 1. The molecule has 1 heterocycles. The van der Waals surface area contributed by atoms with Gasteiger partial charge >= 0.3 is 0 Å². The van der Waals surface area contributed by atoms with Gasteiger partial charge in [-0.05, 0) is 5.56 Å². The van der Waals surface area contributed by atoms with Crippen LogP contribution in [0.2, 0.25) is 0 Å². The monoisotopic (exact) mass is 291 g/mol. The van der Waals surface area contributed by atoms with Crippen LogP contribution in [-0.2, 0) is 14.6 Å². The standard InChI is InChI=1S/C15H17NO3S/c1-2-12-20(17,18)13-15(14-6-4-3-5-7-14)16-8-10-19-11-9-16/h1,3-7,13H,8-12H2. The molecular formula is C15H17NO3S. The molecule has 1 aliphatic rings. The predicted molar refractivity (Wildman–Crippen MR) is 79.4 cm³/mol. The zero-order valence-corrected chi connectivity index (χ0v) is 12.0. The number of hydrogen-bond donors (Lipinski definition) is 0. The highest BCUT2D eigenvalue weighted by Gasteiger charge is 2.18. The Hall–Kier alpha value is -1.77. The number of rotatable bonds is 4. The molecule has 4 nitrogen and oxygen atoms in total. The van der Waals surface area contributed by atoms with Crippen molar-refractivity contribution in [3.05, 3.63) is 41.3 Å². The quantitative estimate of drug-likeness (QED) is 0.786. The Morgan fingerprint density at radius 2 is 1.95 bits per heavy atom. The minimum atomic E-state index is -3.41. The van der Waals surface area contributed by atoms with E-state index >= 15 is 0 Å². The summed E-state index contributed by atoms with van der Waals surface area (Å²) in [6.07, 6.45) is 5.12. The molecule has 1 aliphatic heterocycles. The second-order valence-corrected chi connectivity index (χ2v) is 6.33. The first-order valence-corrected chi connectivity index (χ1v) is 8.10. The number of morpholine rings is 1. The highest BCUT2D eigenvalue weighted by molar-refractivity contribution is 7.94. The summed E-state index contributed by atoms with van der Waals surface area (Å²) in [5, 5.41) is 1.29. The van der Waals surface area contributed by atoms with Gasteiger partial charge in [0.1, 0.15) is 5.75 Å². The minimum absolute atomic E-state index is 0.284. The van der Waals surface area contributed by atoms with E-state index < -0.39 is 9.84 Å². The maximum absolute atomic E-state index is 12.0. The van der Waals surface area contributed by atoms with E-state index in [1.54, 1.807) is 0 Å². The highest BCUT2D eigenvalue weighted by atomic mass is 32.2. The molecule has 5 heteroatoms. The number of benzene rings is 1. The molecule has 106 valence electrons. The van der Waals surface area contributed by atoms with Gasteiger partial charge in [0.15, 0.2) is 9.84 Å². The van der Waals surface area contributed by atoms with Crippen molar-refractivity contribution in [2.45, 2.75) is 0 Å². The first kappa shape index (κ1) is 14.6. The molecule has 1 fully saturated rings. The lowest BCUT2D eigenvalue weighted by molar-refractivity contribution is 0.0640. The maximum atomic E-state index is 12.0. The molecule has 0 amide bonds. The van der Waals surface area contributed by atoms with Crippen molar-refractivity contribution >= 4 is 15.5 Å². The average molecular weight is 291 g/mol. The van der Waals surface area contributed by atoms with Crippen LogP contribution in [0.4, 0.5) is 0 Å². The topological polar surface area (TPSA) is 46.6 Å². The van der Waals surface area contributed by atoms with Crippen LogP contribution in [0.1, 0.15) is 5.56 Å². The molecule has 0 bridgehead atoms. The summed E-state index contributed by atoms with van der Waals surface area (Å²) in [6.45, 7) is 2.54. The molecule has 0 atom stereocenters. The fourth-order valence-electron chi connectivity index (χ4n) is 2.07. The van der Waals surface area contributed by atoms with Crippen molar-refractivity contribution in [3.8, 4) is 12.3 Å². The van der Waals surface area contributed by atoms with Crippen LogP contribution in [-0.4, -0.2) is 45.4 Å². The Kier molecular flexibility index (Phi) is 4.83. The number of hydrogen-bond acceptors (Lipinski definition) is 4. The largest absolute Gasteiger partial charge is 0.378 e. The molecule has 0 spiro atoms. The van der Waals surface area contributed by atoms with Crippen molar-refractivity contribution in [2.75, 3.05) is 32.1 Å². The van der Waals surface area contributed by atoms with Gasteiger partial charge in [-0.1, -0.05) is 36.3 Å². The van der Waals surface area contributed by atoms with Gasteiger partial charge < -0.3 is 9.64 Å². The lowest BCUT2D eigenvalue weighted by atomic mass is 10.1. The van der Waals surface area contributed by atoms with Crippen molar-refractivity contribution in [1.29, 1.82) is 0 Å². The van der Waals surface area contributed by atoms with Crippen LogP contribution in [0.25, 0.3) is 5.70 Å². The Bertz CT molecular complexity index is 608. The van der Waals surface area contributed by atoms with Crippen LogP contribution in [0.3, 0.4) is 0 Å². The molecule has 0 N–H and O–H groups in total. The lowest BCUT2D eigenvalue weighted by Crippen LogP contribution is -2.35. The summed E-state index contributed by atoms with van der Waals surface area (Å²) in [6, 6.07) is 9.46. The van der Waals surface area contributed by atoms with E-state index in [0.29, 0.717) is 32.0 Å². The molecule has 0 unspecified atom stereocenters. The van der Waals surface area contributed by atoms with Gasteiger partial charge in [0.2, 0.25) is 0 Å². The SMILES string of the molecule is C#CCS(=O)(=O)C=C(c1ccccc1)N1CCOCC1. The fraction of sp³-hybridized carbons (Fsp3) is 0.333. The Morgan fingerprint density at radius 3 is 2.55 bits per heavy atom. The summed E-state index contributed by atoms with van der Waals surface area (Å²) >= 11 is 0. The Labute approximate surface area is 120 Å². The van der Waals surface area contributed by atoms with Crippen molar-refractivity contribution in [2.24, 2.45) is 0 Å². The predicted octanol–water partition coefficient (Wildman–Crippen LogP) is 1.37. The molecule has 0 aromatic heterocycles. The van der Waals surface area contributed by atoms with E-state index in [1.165, 1.54) is 5.41 Å². The zero-order chi connectivity index (χ0) is 14.4. The number of ether oxygens (including phenoxy) is 1. The van der Waals surface area contributed by atoms with E-state index in [4.69, 9.17) is 11.2 Å². The van der Waals surface area contributed by atoms with Crippen LogP contribution < -0.4 is 0 Å². The molecular weight excluding hydrogens is 274 g/mol. The summed E-state index contributed by atoms with van der Waals surface area (Å²) in [5.74, 6) is 1.91. The second kappa shape index (κ2) is 6.60. The Morgan fingerprint density at radius 1 is 1.30 bits per heavy atom. The van der Waals surface area contributed by atoms with Crippen molar-refractivity contribution in [1.82, 2.24) is 4.90 Å². The van der Waals surface area contributed by atoms with Crippen molar-refractivity contribution < 1.29 is 13.2 Å². The smallest absolute Gasteiger partial charge is 0.184 e. The van der Waals surface area contributed by atoms with E-state index in [0.717, 1.165) is 5.56 Å². The van der Waals surface area contributed by atoms with Crippen LogP contribution in [0.5, 0.6) is 0 Å². The molecule has 0 radical (unpaired) electrons. The average Bonchev–Trinajstić information content (AvgIpc) is 2.47. The third kappa shape index (κ3) is 3.86.